The van der Waals surface area contributed by atoms with Crippen LogP contribution in [-0.4, -0.2) is 31.1 Å². The quantitative estimate of drug-likeness (QED) is 0.752. The molecule has 2 aliphatic rings. The van der Waals surface area contributed by atoms with E-state index < -0.39 is 27.8 Å². The summed E-state index contributed by atoms with van der Waals surface area (Å²) in [5.74, 6) is 0.143. The Bertz CT molecular complexity index is 1010. The van der Waals surface area contributed by atoms with E-state index in [9.17, 15) is 13.2 Å². The smallest absolute Gasteiger partial charge is 0.427 e. The fourth-order valence-electron chi connectivity index (χ4n) is 3.71. The zero-order valence-corrected chi connectivity index (χ0v) is 15.6. The predicted molar refractivity (Wildman–Crippen MR) is 98.9 cm³/mol. The van der Waals surface area contributed by atoms with Gasteiger partial charge in [0.2, 0.25) is 5.72 Å². The number of benzene rings is 2. The Morgan fingerprint density at radius 2 is 1.93 bits per heavy atom. The Morgan fingerprint density at radius 3 is 2.63 bits per heavy atom. The number of carbonyl (C=O) groups is 1. The highest BCUT2D eigenvalue weighted by Gasteiger charge is 2.63. The molecule has 4 rings (SSSR count). The summed E-state index contributed by atoms with van der Waals surface area (Å²) in [6.45, 7) is 5.46. The largest absolute Gasteiger partial charge is 0.462 e. The summed E-state index contributed by atoms with van der Waals surface area (Å²) in [4.78, 5) is 12.6. The molecule has 2 aromatic carbocycles. The number of amides is 1. The maximum atomic E-state index is 13.3. The molecular weight excluding hydrogens is 366 g/mol. The molecule has 6 nitrogen and oxygen atoms in total. The van der Waals surface area contributed by atoms with Crippen LogP contribution in [0.1, 0.15) is 23.5 Å². The van der Waals surface area contributed by atoms with Crippen molar-refractivity contribution >= 4 is 16.1 Å². The minimum absolute atomic E-state index is 0.0169. The fraction of sp³-hybridized carbons (Fsp3) is 0.250. The molecule has 0 unspecified atom stereocenters. The Balaban J connectivity index is 1.86. The van der Waals surface area contributed by atoms with E-state index in [-0.39, 0.29) is 11.5 Å². The first-order valence-corrected chi connectivity index (χ1v) is 10.0. The Labute approximate surface area is 158 Å². The van der Waals surface area contributed by atoms with Crippen molar-refractivity contribution in [3.8, 4) is 5.75 Å². The van der Waals surface area contributed by atoms with Crippen LogP contribution < -0.4 is 4.74 Å². The molecule has 0 N–H and O–H groups in total. The van der Waals surface area contributed by atoms with Crippen molar-refractivity contribution in [2.45, 2.75) is 29.9 Å². The third-order valence-electron chi connectivity index (χ3n) is 5.00. The van der Waals surface area contributed by atoms with Gasteiger partial charge in [0.05, 0.1) is 10.8 Å². The summed E-state index contributed by atoms with van der Waals surface area (Å²) in [7, 11) is -4.17. The van der Waals surface area contributed by atoms with E-state index in [2.05, 4.69) is 6.58 Å². The number of ether oxygens (including phenoxy) is 2. The minimum Gasteiger partial charge on any atom is -0.462 e. The van der Waals surface area contributed by atoms with Crippen molar-refractivity contribution in [3.63, 3.8) is 0 Å². The number of nitrogens with zero attached hydrogens (tertiary/aromatic N) is 1. The van der Waals surface area contributed by atoms with Crippen molar-refractivity contribution in [1.29, 1.82) is 0 Å². The van der Waals surface area contributed by atoms with Crippen LogP contribution in [-0.2, 0) is 14.8 Å². The van der Waals surface area contributed by atoms with Gasteiger partial charge >= 0.3 is 6.09 Å². The first-order valence-electron chi connectivity index (χ1n) is 8.58. The molecule has 7 heteroatoms. The number of fused-ring (bicyclic) bond motifs is 1. The van der Waals surface area contributed by atoms with Crippen LogP contribution in [0, 0.1) is 6.92 Å². The molecule has 2 aliphatic heterocycles. The van der Waals surface area contributed by atoms with Crippen LogP contribution in [0.25, 0.3) is 0 Å². The van der Waals surface area contributed by atoms with Crippen LogP contribution >= 0.6 is 0 Å². The second kappa shape index (κ2) is 6.13. The highest BCUT2D eigenvalue weighted by Crippen LogP contribution is 2.52. The zero-order valence-electron chi connectivity index (χ0n) is 14.8. The van der Waals surface area contributed by atoms with Crippen molar-refractivity contribution in [3.05, 3.63) is 72.3 Å². The summed E-state index contributed by atoms with van der Waals surface area (Å²) in [5.41, 5.74) is 0.292. The van der Waals surface area contributed by atoms with Crippen molar-refractivity contribution in [2.75, 3.05) is 6.61 Å². The van der Waals surface area contributed by atoms with Gasteiger partial charge in [0.25, 0.3) is 10.0 Å². The monoisotopic (exact) mass is 385 g/mol. The highest BCUT2D eigenvalue weighted by molar-refractivity contribution is 7.89. The van der Waals surface area contributed by atoms with Gasteiger partial charge < -0.3 is 9.47 Å². The Kier molecular flexibility index (Phi) is 3.99. The average molecular weight is 385 g/mol. The summed E-state index contributed by atoms with van der Waals surface area (Å²) in [5, 5.41) is 0. The molecule has 0 aliphatic carbocycles. The molecule has 2 heterocycles. The Hall–Kier alpha value is -2.80. The number of cyclic esters (lactones) is 1. The summed E-state index contributed by atoms with van der Waals surface area (Å²) in [6, 6.07) is 13.6. The van der Waals surface area contributed by atoms with E-state index in [0.717, 1.165) is 15.4 Å². The number of rotatable bonds is 4. The first kappa shape index (κ1) is 17.6. The molecule has 1 amide bonds. The van der Waals surface area contributed by atoms with Gasteiger partial charge in [0.15, 0.2) is 6.61 Å². The van der Waals surface area contributed by atoms with E-state index in [1.54, 1.807) is 30.3 Å². The summed E-state index contributed by atoms with van der Waals surface area (Å²) in [6.07, 6.45) is 1.20. The summed E-state index contributed by atoms with van der Waals surface area (Å²) >= 11 is 0. The number of hydrogen-bond acceptors (Lipinski definition) is 5. The third-order valence-corrected chi connectivity index (χ3v) is 6.81. The number of para-hydroxylation sites is 1. The molecule has 140 valence electrons. The number of allylic oxidation sites excluding steroid dienone is 1. The van der Waals surface area contributed by atoms with Gasteiger partial charge in [-0.25, -0.2) is 13.2 Å². The van der Waals surface area contributed by atoms with Gasteiger partial charge in [-0.05, 0) is 31.5 Å². The predicted octanol–water partition coefficient (Wildman–Crippen LogP) is 3.58. The third kappa shape index (κ3) is 2.53. The van der Waals surface area contributed by atoms with Gasteiger partial charge in [0, 0.05) is 5.56 Å². The minimum atomic E-state index is -4.17. The van der Waals surface area contributed by atoms with E-state index in [0.29, 0.717) is 12.2 Å². The molecule has 2 atom stereocenters. The standard InChI is InChI=1S/C20H19NO5S/c1-3-6-17-16-7-4-5-8-18(16)26-20(17)13-25-19(22)21(20)27(23,24)15-11-9-14(2)10-12-15/h3-5,7-12,17H,1,6,13H2,2H3/t17-,20-/m0/s1. The molecular formula is C20H19NO5S. The first-order chi connectivity index (χ1) is 12.9. The highest BCUT2D eigenvalue weighted by atomic mass is 32.2. The lowest BCUT2D eigenvalue weighted by atomic mass is 9.88. The number of aryl methyl sites for hydroxylation is 1. The van der Waals surface area contributed by atoms with Crippen LogP contribution in [0.5, 0.6) is 5.75 Å². The molecule has 0 bridgehead atoms. The topological polar surface area (TPSA) is 72.9 Å². The summed E-state index contributed by atoms with van der Waals surface area (Å²) < 4.78 is 38.7. The van der Waals surface area contributed by atoms with Gasteiger partial charge in [0.1, 0.15) is 5.75 Å². The molecule has 1 spiro atoms. The van der Waals surface area contributed by atoms with Crippen LogP contribution in [0.4, 0.5) is 4.79 Å². The number of sulfonamides is 1. The fourth-order valence-corrected chi connectivity index (χ4v) is 5.27. The van der Waals surface area contributed by atoms with Crippen LogP contribution in [0.3, 0.4) is 0 Å². The van der Waals surface area contributed by atoms with Crippen molar-refractivity contribution < 1.29 is 22.7 Å². The van der Waals surface area contributed by atoms with Gasteiger partial charge in [-0.2, -0.15) is 4.31 Å². The normalized spacial score (nSPS) is 23.8. The van der Waals surface area contributed by atoms with Gasteiger partial charge in [-0.15, -0.1) is 6.58 Å². The molecule has 2 aromatic rings. The van der Waals surface area contributed by atoms with Crippen LogP contribution in [0.2, 0.25) is 0 Å². The lowest BCUT2D eigenvalue weighted by molar-refractivity contribution is -0.00252. The molecule has 1 fully saturated rings. The van der Waals surface area contributed by atoms with E-state index in [4.69, 9.17) is 9.47 Å². The molecule has 0 saturated carbocycles. The maximum Gasteiger partial charge on any atom is 0.427 e. The van der Waals surface area contributed by atoms with E-state index >= 15 is 0 Å². The van der Waals surface area contributed by atoms with Gasteiger partial charge in [-0.1, -0.05) is 42.0 Å². The zero-order chi connectivity index (χ0) is 19.2. The lowest BCUT2D eigenvalue weighted by Gasteiger charge is -2.34. The molecule has 1 saturated heterocycles. The second-order valence-electron chi connectivity index (χ2n) is 6.70. The molecule has 0 radical (unpaired) electrons. The second-order valence-corrected chi connectivity index (χ2v) is 8.49. The lowest BCUT2D eigenvalue weighted by Crippen LogP contribution is -2.55. The SMILES string of the molecule is C=CC[C@H]1c2ccccc2O[C@@]12COC(=O)N2S(=O)(=O)c1ccc(C)cc1. The number of carbonyl (C=O) groups excluding carboxylic acids is 1. The van der Waals surface area contributed by atoms with E-state index in [1.165, 1.54) is 12.1 Å². The van der Waals surface area contributed by atoms with Crippen LogP contribution in [0.15, 0.2) is 66.1 Å². The molecule has 0 aromatic heterocycles. The Morgan fingerprint density at radius 1 is 1.22 bits per heavy atom. The van der Waals surface area contributed by atoms with Crippen molar-refractivity contribution in [1.82, 2.24) is 4.31 Å². The molecule has 27 heavy (non-hydrogen) atoms. The maximum absolute atomic E-state index is 13.3. The average Bonchev–Trinajstić information content (AvgIpc) is 3.14. The van der Waals surface area contributed by atoms with Crippen molar-refractivity contribution in [2.24, 2.45) is 0 Å². The number of hydrogen-bond donors (Lipinski definition) is 0. The van der Waals surface area contributed by atoms with E-state index in [1.807, 2.05) is 19.1 Å². The van der Waals surface area contributed by atoms with Gasteiger partial charge in [-0.3, -0.25) is 0 Å².